The molecule has 0 aromatic heterocycles. The van der Waals surface area contributed by atoms with E-state index < -0.39 is 0 Å². The van der Waals surface area contributed by atoms with Crippen molar-refractivity contribution in [3.63, 3.8) is 0 Å². The Labute approximate surface area is 143 Å². The number of unbranched alkanes of at least 4 members (excludes halogenated alkanes) is 7. The van der Waals surface area contributed by atoms with Crippen LogP contribution in [0.4, 0.5) is 0 Å². The summed E-state index contributed by atoms with van der Waals surface area (Å²) in [4.78, 5) is 11.4. The molecule has 1 unspecified atom stereocenters. The minimum Gasteiger partial charge on any atom is -1.00 e. The molecule has 0 fully saturated rings. The predicted octanol–water partition coefficient (Wildman–Crippen LogP) is 1.71. The molecule has 0 aromatic carbocycles. The second-order valence-corrected chi connectivity index (χ2v) is 5.42. The maximum atomic E-state index is 11.4. The quantitative estimate of drug-likeness (QED) is 0.348. The standard InChI is InChI=1S/C16H31NO.Na.H/c1-5-6-7-8-9-10-11-12-13-15(4)17-16(18)14(2)3;;/h15H,2,5-13H2,1,3-4H3,(H,17,18);;/q;+1;-1. The molecule has 1 N–H and O–H groups in total. The summed E-state index contributed by atoms with van der Waals surface area (Å²) in [6.07, 6.45) is 11.8. The van der Waals surface area contributed by atoms with E-state index in [1.165, 1.54) is 51.4 Å². The fraction of sp³-hybridized carbons (Fsp3) is 0.812. The Kier molecular flexibility index (Phi) is 16.5. The van der Waals surface area contributed by atoms with E-state index in [-0.39, 0.29) is 42.9 Å². The van der Waals surface area contributed by atoms with Crippen molar-refractivity contribution < 1.29 is 35.8 Å². The zero-order valence-electron chi connectivity index (χ0n) is 14.6. The van der Waals surface area contributed by atoms with Gasteiger partial charge in [-0.25, -0.2) is 0 Å². The van der Waals surface area contributed by atoms with Gasteiger partial charge in [0.25, 0.3) is 0 Å². The summed E-state index contributed by atoms with van der Waals surface area (Å²) in [5.74, 6) is -0.0120. The molecule has 1 amide bonds. The summed E-state index contributed by atoms with van der Waals surface area (Å²) >= 11 is 0. The third-order valence-electron chi connectivity index (χ3n) is 3.26. The molecule has 0 radical (unpaired) electrons. The zero-order valence-corrected chi connectivity index (χ0v) is 15.6. The second-order valence-electron chi connectivity index (χ2n) is 5.42. The van der Waals surface area contributed by atoms with E-state index in [9.17, 15) is 4.79 Å². The summed E-state index contributed by atoms with van der Waals surface area (Å²) in [7, 11) is 0. The normalized spacial score (nSPS) is 11.5. The van der Waals surface area contributed by atoms with E-state index >= 15 is 0 Å². The third kappa shape index (κ3) is 14.4. The first kappa shape index (κ1) is 21.5. The molecule has 0 aromatic rings. The number of amides is 1. The Hall–Kier alpha value is 0.210. The van der Waals surface area contributed by atoms with Crippen molar-refractivity contribution in [2.24, 2.45) is 0 Å². The molecular weight excluding hydrogens is 245 g/mol. The van der Waals surface area contributed by atoms with Gasteiger partial charge in [-0.05, 0) is 20.3 Å². The smallest absolute Gasteiger partial charge is 1.00 e. The van der Waals surface area contributed by atoms with E-state index in [4.69, 9.17) is 0 Å². The summed E-state index contributed by atoms with van der Waals surface area (Å²) in [6, 6.07) is 0.272. The molecule has 0 bridgehead atoms. The Balaban J connectivity index is -0.00000144. The minimum atomic E-state index is -0.0120. The van der Waals surface area contributed by atoms with Crippen LogP contribution in [-0.2, 0) is 4.79 Å². The number of hydrogen-bond acceptors (Lipinski definition) is 1. The van der Waals surface area contributed by atoms with Crippen molar-refractivity contribution >= 4 is 5.91 Å². The molecule has 0 heterocycles. The fourth-order valence-corrected chi connectivity index (χ4v) is 2.00. The van der Waals surface area contributed by atoms with Gasteiger partial charge in [-0.2, -0.15) is 0 Å². The molecule has 0 spiro atoms. The molecule has 19 heavy (non-hydrogen) atoms. The summed E-state index contributed by atoms with van der Waals surface area (Å²) in [6.45, 7) is 9.71. The average Bonchev–Trinajstić information content (AvgIpc) is 2.32. The van der Waals surface area contributed by atoms with Gasteiger partial charge in [0.2, 0.25) is 5.91 Å². The van der Waals surface area contributed by atoms with Crippen LogP contribution >= 0.6 is 0 Å². The first-order valence-electron chi connectivity index (χ1n) is 7.54. The van der Waals surface area contributed by atoms with Crippen LogP contribution in [0, 0.1) is 0 Å². The molecule has 0 saturated heterocycles. The van der Waals surface area contributed by atoms with Crippen molar-refractivity contribution in [3.05, 3.63) is 12.2 Å². The molecule has 108 valence electrons. The number of rotatable bonds is 11. The molecule has 0 rings (SSSR count). The predicted molar refractivity (Wildman–Crippen MR) is 80.8 cm³/mol. The zero-order chi connectivity index (χ0) is 13.8. The van der Waals surface area contributed by atoms with Crippen LogP contribution in [0.5, 0.6) is 0 Å². The summed E-state index contributed by atoms with van der Waals surface area (Å²) in [5.41, 5.74) is 0.595. The molecular formula is C16H32NNaO. The molecule has 2 nitrogen and oxygen atoms in total. The fourth-order valence-electron chi connectivity index (χ4n) is 2.00. The van der Waals surface area contributed by atoms with Crippen molar-refractivity contribution in [1.29, 1.82) is 0 Å². The van der Waals surface area contributed by atoms with Crippen LogP contribution in [0.1, 0.15) is 80.0 Å². The Bertz CT molecular complexity index is 247. The Morgan fingerprint density at radius 1 is 1.11 bits per heavy atom. The van der Waals surface area contributed by atoms with Gasteiger partial charge in [0, 0.05) is 11.6 Å². The Morgan fingerprint density at radius 3 is 2.05 bits per heavy atom. The average molecular weight is 277 g/mol. The van der Waals surface area contributed by atoms with Crippen molar-refractivity contribution in [3.8, 4) is 0 Å². The number of nitrogens with one attached hydrogen (secondary N) is 1. The maximum Gasteiger partial charge on any atom is 1.00 e. The molecule has 0 aliphatic rings. The van der Waals surface area contributed by atoms with Gasteiger partial charge in [0.15, 0.2) is 0 Å². The van der Waals surface area contributed by atoms with Gasteiger partial charge in [0.1, 0.15) is 0 Å². The summed E-state index contributed by atoms with van der Waals surface area (Å²) < 4.78 is 0. The van der Waals surface area contributed by atoms with Crippen LogP contribution in [0.25, 0.3) is 0 Å². The summed E-state index contributed by atoms with van der Waals surface area (Å²) in [5, 5.41) is 2.96. The first-order chi connectivity index (χ1) is 8.57. The molecule has 0 aliphatic heterocycles. The van der Waals surface area contributed by atoms with Gasteiger partial charge < -0.3 is 6.74 Å². The van der Waals surface area contributed by atoms with Gasteiger partial charge in [-0.15, -0.1) is 0 Å². The van der Waals surface area contributed by atoms with E-state index in [1.807, 2.05) is 0 Å². The van der Waals surface area contributed by atoms with Crippen LogP contribution in [0.2, 0.25) is 0 Å². The Morgan fingerprint density at radius 2 is 1.58 bits per heavy atom. The van der Waals surface area contributed by atoms with Gasteiger partial charge in [-0.1, -0.05) is 64.9 Å². The minimum absolute atomic E-state index is 0. The van der Waals surface area contributed by atoms with Gasteiger partial charge >= 0.3 is 29.6 Å². The molecule has 0 aliphatic carbocycles. The second kappa shape index (κ2) is 14.6. The number of carbonyl (C=O) groups is 1. The molecule has 1 atom stereocenters. The number of carbonyl (C=O) groups excluding carboxylic acids is 1. The van der Waals surface area contributed by atoms with E-state index in [1.54, 1.807) is 6.92 Å². The van der Waals surface area contributed by atoms with Crippen LogP contribution in [0.3, 0.4) is 0 Å². The van der Waals surface area contributed by atoms with E-state index in [2.05, 4.69) is 25.7 Å². The third-order valence-corrected chi connectivity index (χ3v) is 3.26. The monoisotopic (exact) mass is 277 g/mol. The topological polar surface area (TPSA) is 29.1 Å². The van der Waals surface area contributed by atoms with Gasteiger partial charge in [-0.3, -0.25) is 4.79 Å². The first-order valence-corrected chi connectivity index (χ1v) is 7.54. The largest absolute Gasteiger partial charge is 1.00 e. The van der Waals surface area contributed by atoms with Crippen LogP contribution in [0.15, 0.2) is 12.2 Å². The van der Waals surface area contributed by atoms with Crippen molar-refractivity contribution in [2.75, 3.05) is 0 Å². The SMILES string of the molecule is C=C(C)C(=O)NC(C)CCCCCCCCCC.[H-].[Na+]. The molecule has 0 saturated carbocycles. The van der Waals surface area contributed by atoms with Crippen LogP contribution in [-0.4, -0.2) is 11.9 Å². The maximum absolute atomic E-state index is 11.4. The van der Waals surface area contributed by atoms with Crippen molar-refractivity contribution in [1.82, 2.24) is 5.32 Å². The van der Waals surface area contributed by atoms with Gasteiger partial charge in [0.05, 0.1) is 0 Å². The van der Waals surface area contributed by atoms with E-state index in [0.29, 0.717) is 5.57 Å². The van der Waals surface area contributed by atoms with Crippen LogP contribution < -0.4 is 34.9 Å². The number of hydrogen-bond donors (Lipinski definition) is 1. The van der Waals surface area contributed by atoms with Crippen molar-refractivity contribution in [2.45, 2.75) is 84.6 Å². The van der Waals surface area contributed by atoms with E-state index in [0.717, 1.165) is 6.42 Å². The molecule has 3 heteroatoms.